The molecule has 1 aliphatic rings. The molecule has 0 atom stereocenters. The number of rotatable bonds is 1. The molecule has 0 saturated heterocycles. The van der Waals surface area contributed by atoms with Crippen LogP contribution < -0.4 is 0 Å². The number of hydrogen-bond donors (Lipinski definition) is 0. The highest BCUT2D eigenvalue weighted by atomic mass is 16.6. The van der Waals surface area contributed by atoms with Gasteiger partial charge in [0.2, 0.25) is 0 Å². The molecule has 2 aromatic carbocycles. The van der Waals surface area contributed by atoms with E-state index in [1.54, 1.807) is 6.08 Å². The van der Waals surface area contributed by atoms with Gasteiger partial charge in [-0.25, -0.2) is 0 Å². The van der Waals surface area contributed by atoms with Gasteiger partial charge in [0.05, 0.1) is 10.5 Å². The van der Waals surface area contributed by atoms with Gasteiger partial charge in [-0.1, -0.05) is 50.6 Å². The molecule has 0 saturated carbocycles. The smallest absolute Gasteiger partial charge is 0.258 e. The average Bonchev–Trinajstić information content (AvgIpc) is 2.40. The third-order valence-electron chi connectivity index (χ3n) is 2.98. The summed E-state index contributed by atoms with van der Waals surface area (Å²) in [7, 11) is 0. The minimum absolute atomic E-state index is 0.226. The molecule has 0 aromatic heterocycles. The third kappa shape index (κ3) is 2.50. The highest BCUT2D eigenvalue weighted by Crippen LogP contribution is 2.32. The molecule has 0 fully saturated rings. The first kappa shape index (κ1) is 13.3. The summed E-state index contributed by atoms with van der Waals surface area (Å²) in [4.78, 5) is 10.6. The Morgan fingerprint density at radius 1 is 1.16 bits per heavy atom. The van der Waals surface area contributed by atoms with Crippen molar-refractivity contribution in [1.82, 2.24) is 0 Å². The standard InChI is InChI=1S/C13H9NO2.C3H8/c15-14(16)12-8-7-10-4-1-3-9-5-2-6-11(12)13(9)10;1-3-2/h1-6,8H,7H2;3H2,1-2H3. The molecule has 3 nitrogen and oxygen atoms in total. The van der Waals surface area contributed by atoms with Gasteiger partial charge in [-0.2, -0.15) is 0 Å². The van der Waals surface area contributed by atoms with E-state index in [9.17, 15) is 10.1 Å². The van der Waals surface area contributed by atoms with E-state index in [1.807, 2.05) is 36.4 Å². The van der Waals surface area contributed by atoms with Gasteiger partial charge in [-0.3, -0.25) is 10.1 Å². The maximum atomic E-state index is 10.9. The van der Waals surface area contributed by atoms with E-state index in [4.69, 9.17) is 0 Å². The highest BCUT2D eigenvalue weighted by Gasteiger charge is 2.21. The molecule has 0 aliphatic heterocycles. The number of nitrogens with zero attached hydrogens (tertiary/aromatic N) is 1. The van der Waals surface area contributed by atoms with E-state index in [2.05, 4.69) is 13.8 Å². The molecular formula is C16H17NO2. The number of hydrogen-bond acceptors (Lipinski definition) is 2. The van der Waals surface area contributed by atoms with Gasteiger partial charge in [-0.05, 0) is 34.9 Å². The summed E-state index contributed by atoms with van der Waals surface area (Å²) < 4.78 is 0. The lowest BCUT2D eigenvalue weighted by molar-refractivity contribution is -0.375. The van der Waals surface area contributed by atoms with E-state index < -0.39 is 0 Å². The molecule has 98 valence electrons. The molecule has 0 heterocycles. The van der Waals surface area contributed by atoms with Crippen LogP contribution in [-0.2, 0) is 6.42 Å². The van der Waals surface area contributed by atoms with Gasteiger partial charge in [0, 0.05) is 0 Å². The Hall–Kier alpha value is -2.16. The van der Waals surface area contributed by atoms with Gasteiger partial charge < -0.3 is 0 Å². The Bertz CT molecular complexity index is 639. The normalized spacial score (nSPS) is 12.4. The largest absolute Gasteiger partial charge is 0.273 e. The summed E-state index contributed by atoms with van der Waals surface area (Å²) in [5, 5.41) is 13.0. The van der Waals surface area contributed by atoms with Crippen molar-refractivity contribution < 1.29 is 4.92 Å². The zero-order chi connectivity index (χ0) is 13.8. The molecule has 0 N–H and O–H groups in total. The molecule has 0 spiro atoms. The molecule has 0 bridgehead atoms. The van der Waals surface area contributed by atoms with E-state index in [1.165, 1.54) is 12.0 Å². The molecule has 1 aliphatic carbocycles. The number of nitro groups is 1. The Morgan fingerprint density at radius 2 is 1.79 bits per heavy atom. The van der Waals surface area contributed by atoms with Crippen LogP contribution in [-0.4, -0.2) is 4.92 Å². The predicted octanol–water partition coefficient (Wildman–Crippen LogP) is 4.43. The van der Waals surface area contributed by atoms with Gasteiger partial charge >= 0.3 is 0 Å². The molecule has 2 aromatic rings. The first-order valence-electron chi connectivity index (χ1n) is 6.54. The fraction of sp³-hybridized carbons (Fsp3) is 0.250. The Balaban J connectivity index is 0.000000408. The Morgan fingerprint density at radius 3 is 2.42 bits per heavy atom. The molecular weight excluding hydrogens is 238 g/mol. The molecule has 19 heavy (non-hydrogen) atoms. The maximum Gasteiger partial charge on any atom is 0.273 e. The topological polar surface area (TPSA) is 43.1 Å². The van der Waals surface area contributed by atoms with E-state index in [0.717, 1.165) is 16.3 Å². The number of benzene rings is 2. The first-order chi connectivity index (χ1) is 9.19. The summed E-state index contributed by atoms with van der Waals surface area (Å²) in [6.07, 6.45) is 3.59. The molecule has 0 radical (unpaired) electrons. The van der Waals surface area contributed by atoms with Crippen LogP contribution in [0.2, 0.25) is 0 Å². The second kappa shape index (κ2) is 5.65. The lowest BCUT2D eigenvalue weighted by Crippen LogP contribution is -2.04. The zero-order valence-electron chi connectivity index (χ0n) is 11.2. The van der Waals surface area contributed by atoms with E-state index in [-0.39, 0.29) is 10.6 Å². The van der Waals surface area contributed by atoms with Crippen LogP contribution in [0.25, 0.3) is 16.5 Å². The summed E-state index contributed by atoms with van der Waals surface area (Å²) in [5.74, 6) is 0. The minimum atomic E-state index is -0.301. The van der Waals surface area contributed by atoms with Crippen LogP contribution in [0.5, 0.6) is 0 Å². The van der Waals surface area contributed by atoms with Gasteiger partial charge in [0.15, 0.2) is 0 Å². The van der Waals surface area contributed by atoms with Crippen LogP contribution in [0.1, 0.15) is 31.4 Å². The minimum Gasteiger partial charge on any atom is -0.258 e. The zero-order valence-corrected chi connectivity index (χ0v) is 11.2. The summed E-state index contributed by atoms with van der Waals surface area (Å²) >= 11 is 0. The molecule has 0 unspecified atom stereocenters. The highest BCUT2D eigenvalue weighted by molar-refractivity contribution is 5.96. The van der Waals surface area contributed by atoms with Crippen LogP contribution in [0.4, 0.5) is 0 Å². The predicted molar refractivity (Wildman–Crippen MR) is 78.6 cm³/mol. The van der Waals surface area contributed by atoms with Crippen molar-refractivity contribution in [2.24, 2.45) is 0 Å². The van der Waals surface area contributed by atoms with Crippen molar-refractivity contribution in [2.45, 2.75) is 26.7 Å². The van der Waals surface area contributed by atoms with Crippen molar-refractivity contribution in [3.63, 3.8) is 0 Å². The van der Waals surface area contributed by atoms with Gasteiger partial charge in [0.25, 0.3) is 5.70 Å². The lowest BCUT2D eigenvalue weighted by atomic mass is 9.91. The van der Waals surface area contributed by atoms with Gasteiger partial charge in [0.1, 0.15) is 0 Å². The monoisotopic (exact) mass is 255 g/mol. The Kier molecular flexibility index (Phi) is 3.95. The van der Waals surface area contributed by atoms with Crippen LogP contribution >= 0.6 is 0 Å². The van der Waals surface area contributed by atoms with Crippen molar-refractivity contribution in [3.8, 4) is 0 Å². The van der Waals surface area contributed by atoms with Gasteiger partial charge in [-0.15, -0.1) is 0 Å². The molecule has 3 heteroatoms. The first-order valence-corrected chi connectivity index (χ1v) is 6.54. The second-order valence-electron chi connectivity index (χ2n) is 4.58. The van der Waals surface area contributed by atoms with Crippen LogP contribution in [0.3, 0.4) is 0 Å². The summed E-state index contributed by atoms with van der Waals surface area (Å²) in [5.41, 5.74) is 2.13. The number of allylic oxidation sites excluding steroid dienone is 1. The second-order valence-corrected chi connectivity index (χ2v) is 4.58. The third-order valence-corrected chi connectivity index (χ3v) is 2.98. The van der Waals surface area contributed by atoms with Crippen molar-refractivity contribution in [3.05, 3.63) is 63.7 Å². The fourth-order valence-corrected chi connectivity index (χ4v) is 2.29. The maximum absolute atomic E-state index is 10.9. The summed E-state index contributed by atoms with van der Waals surface area (Å²) in [6.45, 7) is 4.25. The van der Waals surface area contributed by atoms with E-state index >= 15 is 0 Å². The molecule has 0 amide bonds. The lowest BCUT2D eigenvalue weighted by Gasteiger charge is -2.13. The van der Waals surface area contributed by atoms with Crippen LogP contribution in [0.15, 0.2) is 42.5 Å². The van der Waals surface area contributed by atoms with Crippen molar-refractivity contribution >= 4 is 16.5 Å². The van der Waals surface area contributed by atoms with Crippen molar-refractivity contribution in [2.75, 3.05) is 0 Å². The summed E-state index contributed by atoms with van der Waals surface area (Å²) in [6, 6.07) is 11.7. The Labute approximate surface area is 112 Å². The average molecular weight is 255 g/mol. The quantitative estimate of drug-likeness (QED) is 0.559. The van der Waals surface area contributed by atoms with Crippen LogP contribution in [0, 0.1) is 10.1 Å². The fourth-order valence-electron chi connectivity index (χ4n) is 2.29. The SMILES string of the molecule is CCC.O=[N+]([O-])C1=CCc2cccc3cccc1c23. The molecule has 3 rings (SSSR count). The van der Waals surface area contributed by atoms with E-state index in [0.29, 0.717) is 6.42 Å². The van der Waals surface area contributed by atoms with Crippen molar-refractivity contribution in [1.29, 1.82) is 0 Å².